The fourth-order valence-electron chi connectivity index (χ4n) is 1.62. The number of carbonyl (C=O) groups excluding carboxylic acids is 1. The molecule has 94 valence electrons. The lowest BCUT2D eigenvalue weighted by molar-refractivity contribution is -0.121. The van der Waals surface area contributed by atoms with Crippen LogP contribution >= 0.6 is 0 Å². The molecule has 6 heteroatoms. The van der Waals surface area contributed by atoms with Gasteiger partial charge in [-0.15, -0.1) is 0 Å². The Morgan fingerprint density at radius 3 is 2.94 bits per heavy atom. The number of nitrogens with zero attached hydrogens (tertiary/aromatic N) is 2. The molecule has 0 aliphatic heterocycles. The van der Waals surface area contributed by atoms with E-state index < -0.39 is 0 Å². The van der Waals surface area contributed by atoms with Gasteiger partial charge in [-0.05, 0) is 12.1 Å². The first kappa shape index (κ1) is 12.3. The Morgan fingerprint density at radius 1 is 1.39 bits per heavy atom. The van der Waals surface area contributed by atoms with Crippen molar-refractivity contribution in [3.8, 4) is 0 Å². The quantitative estimate of drug-likeness (QED) is 0.763. The van der Waals surface area contributed by atoms with Crippen molar-refractivity contribution < 1.29 is 9.90 Å². The Bertz CT molecular complexity index is 621. The van der Waals surface area contributed by atoms with Crippen LogP contribution in [0.5, 0.6) is 0 Å². The van der Waals surface area contributed by atoms with Crippen molar-refractivity contribution in [1.29, 1.82) is 0 Å². The second-order valence-electron chi connectivity index (χ2n) is 3.77. The van der Waals surface area contributed by atoms with Gasteiger partial charge in [-0.3, -0.25) is 14.2 Å². The van der Waals surface area contributed by atoms with Gasteiger partial charge in [-0.1, -0.05) is 12.1 Å². The highest BCUT2D eigenvalue weighted by Gasteiger charge is 2.06. The third-order valence-electron chi connectivity index (χ3n) is 2.48. The maximum absolute atomic E-state index is 12.0. The zero-order chi connectivity index (χ0) is 13.0. The summed E-state index contributed by atoms with van der Waals surface area (Å²) in [4.78, 5) is 27.6. The zero-order valence-corrected chi connectivity index (χ0v) is 9.67. The van der Waals surface area contributed by atoms with Gasteiger partial charge in [0.15, 0.2) is 0 Å². The van der Waals surface area contributed by atoms with E-state index in [0.717, 1.165) is 0 Å². The molecule has 0 saturated carbocycles. The molecule has 0 aliphatic rings. The summed E-state index contributed by atoms with van der Waals surface area (Å²) in [5.74, 6) is -0.330. The summed E-state index contributed by atoms with van der Waals surface area (Å²) >= 11 is 0. The van der Waals surface area contributed by atoms with Gasteiger partial charge < -0.3 is 10.4 Å². The molecule has 1 amide bonds. The molecule has 2 rings (SSSR count). The van der Waals surface area contributed by atoms with Crippen molar-refractivity contribution in [2.75, 3.05) is 13.2 Å². The summed E-state index contributed by atoms with van der Waals surface area (Å²) in [5.41, 5.74) is 0.356. The highest BCUT2D eigenvalue weighted by Crippen LogP contribution is 2.04. The second-order valence-corrected chi connectivity index (χ2v) is 3.77. The predicted molar refractivity (Wildman–Crippen MR) is 66.1 cm³/mol. The first-order valence-corrected chi connectivity index (χ1v) is 5.54. The van der Waals surface area contributed by atoms with Crippen LogP contribution in [0.1, 0.15) is 0 Å². The van der Waals surface area contributed by atoms with E-state index in [9.17, 15) is 9.59 Å². The number of amides is 1. The third kappa shape index (κ3) is 2.54. The van der Waals surface area contributed by atoms with Crippen LogP contribution < -0.4 is 10.9 Å². The Labute approximate surface area is 103 Å². The second kappa shape index (κ2) is 5.42. The average Bonchev–Trinajstić information content (AvgIpc) is 2.40. The van der Waals surface area contributed by atoms with E-state index in [1.807, 2.05) is 0 Å². The molecule has 0 bridgehead atoms. The highest BCUT2D eigenvalue weighted by molar-refractivity contribution is 5.78. The van der Waals surface area contributed by atoms with Crippen molar-refractivity contribution in [1.82, 2.24) is 14.9 Å². The molecule has 2 N–H and O–H groups in total. The van der Waals surface area contributed by atoms with Crippen LogP contribution in [0.4, 0.5) is 0 Å². The lowest BCUT2D eigenvalue weighted by Gasteiger charge is -2.06. The monoisotopic (exact) mass is 247 g/mol. The Balaban J connectivity index is 2.27. The molecule has 18 heavy (non-hydrogen) atoms. The molecule has 1 aromatic carbocycles. The minimum absolute atomic E-state index is 0.101. The predicted octanol–water partition coefficient (Wildman–Crippen LogP) is -0.495. The lowest BCUT2D eigenvalue weighted by Crippen LogP contribution is -2.33. The molecular formula is C12H13N3O3. The standard InChI is InChI=1S/C12H13N3O3/c16-6-5-13-11(17)7-15-8-14-10-4-2-1-3-9(10)12(15)18/h1-4,8,16H,5-7H2,(H,13,17). The van der Waals surface area contributed by atoms with Gasteiger partial charge in [-0.2, -0.15) is 0 Å². The molecule has 1 aromatic heterocycles. The maximum atomic E-state index is 12.0. The van der Waals surface area contributed by atoms with Crippen LogP contribution in [0, 0.1) is 0 Å². The first-order valence-electron chi connectivity index (χ1n) is 5.54. The highest BCUT2D eigenvalue weighted by atomic mass is 16.3. The number of hydrogen-bond acceptors (Lipinski definition) is 4. The number of carbonyl (C=O) groups is 1. The van der Waals surface area contributed by atoms with Gasteiger partial charge in [0.2, 0.25) is 5.91 Å². The molecule has 6 nitrogen and oxygen atoms in total. The minimum Gasteiger partial charge on any atom is -0.395 e. The molecule has 0 fully saturated rings. The van der Waals surface area contributed by atoms with Crippen molar-refractivity contribution in [2.45, 2.75) is 6.54 Å². The lowest BCUT2D eigenvalue weighted by atomic mass is 10.2. The van der Waals surface area contributed by atoms with Crippen molar-refractivity contribution >= 4 is 16.8 Å². The van der Waals surface area contributed by atoms with Gasteiger partial charge in [0, 0.05) is 6.54 Å². The molecule has 0 atom stereocenters. The van der Waals surface area contributed by atoms with Gasteiger partial charge in [0.25, 0.3) is 5.56 Å². The van der Waals surface area contributed by atoms with Crippen molar-refractivity contribution in [3.63, 3.8) is 0 Å². The number of hydrogen-bond donors (Lipinski definition) is 2. The number of aliphatic hydroxyl groups is 1. The molecule has 0 radical (unpaired) electrons. The summed E-state index contributed by atoms with van der Waals surface area (Å²) < 4.78 is 1.25. The van der Waals surface area contributed by atoms with E-state index in [4.69, 9.17) is 5.11 Å². The van der Waals surface area contributed by atoms with Crippen molar-refractivity contribution in [2.24, 2.45) is 0 Å². The number of nitrogens with one attached hydrogen (secondary N) is 1. The zero-order valence-electron chi connectivity index (χ0n) is 9.67. The van der Waals surface area contributed by atoms with Crippen LogP contribution in [-0.4, -0.2) is 33.7 Å². The first-order chi connectivity index (χ1) is 8.72. The van der Waals surface area contributed by atoms with Gasteiger partial charge in [0.1, 0.15) is 6.54 Å². The Morgan fingerprint density at radius 2 is 2.17 bits per heavy atom. The number of fused-ring (bicyclic) bond motifs is 1. The molecule has 0 saturated heterocycles. The Hall–Kier alpha value is -2.21. The number of para-hydroxylation sites is 1. The van der Waals surface area contributed by atoms with Gasteiger partial charge in [-0.25, -0.2) is 4.98 Å². The van der Waals surface area contributed by atoms with Crippen LogP contribution in [0.25, 0.3) is 10.9 Å². The number of rotatable bonds is 4. The fraction of sp³-hybridized carbons (Fsp3) is 0.250. The summed E-state index contributed by atoms with van der Waals surface area (Å²) in [6.07, 6.45) is 1.35. The molecule has 0 aliphatic carbocycles. The summed E-state index contributed by atoms with van der Waals surface area (Å²) in [5, 5.41) is 11.5. The van der Waals surface area contributed by atoms with E-state index >= 15 is 0 Å². The summed E-state index contributed by atoms with van der Waals surface area (Å²) in [6, 6.07) is 6.97. The van der Waals surface area contributed by atoms with Crippen LogP contribution in [0.3, 0.4) is 0 Å². The maximum Gasteiger partial charge on any atom is 0.261 e. The van der Waals surface area contributed by atoms with Gasteiger partial charge >= 0.3 is 0 Å². The van der Waals surface area contributed by atoms with Crippen LogP contribution in [-0.2, 0) is 11.3 Å². The van der Waals surface area contributed by atoms with Crippen LogP contribution in [0.15, 0.2) is 35.4 Å². The molecule has 0 spiro atoms. The van der Waals surface area contributed by atoms with Gasteiger partial charge in [0.05, 0.1) is 23.8 Å². The van der Waals surface area contributed by atoms with E-state index in [-0.39, 0.29) is 31.2 Å². The Kier molecular flexibility index (Phi) is 3.69. The topological polar surface area (TPSA) is 84.2 Å². The minimum atomic E-state index is -0.330. The summed E-state index contributed by atoms with van der Waals surface area (Å²) in [7, 11) is 0. The normalized spacial score (nSPS) is 10.5. The fourth-order valence-corrected chi connectivity index (χ4v) is 1.62. The number of benzene rings is 1. The van der Waals surface area contributed by atoms with E-state index in [1.54, 1.807) is 24.3 Å². The summed E-state index contributed by atoms with van der Waals surface area (Å²) in [6.45, 7) is -0.0537. The van der Waals surface area contributed by atoms with Crippen LogP contribution in [0.2, 0.25) is 0 Å². The molecular weight excluding hydrogens is 234 g/mol. The number of aromatic nitrogens is 2. The van der Waals surface area contributed by atoms with E-state index in [0.29, 0.717) is 10.9 Å². The largest absolute Gasteiger partial charge is 0.395 e. The molecule has 0 unspecified atom stereocenters. The SMILES string of the molecule is O=C(Cn1cnc2ccccc2c1=O)NCCO. The van der Waals surface area contributed by atoms with E-state index in [2.05, 4.69) is 10.3 Å². The van der Waals surface area contributed by atoms with E-state index in [1.165, 1.54) is 10.9 Å². The molecule has 1 heterocycles. The number of aliphatic hydroxyl groups excluding tert-OH is 1. The molecule has 2 aromatic rings. The van der Waals surface area contributed by atoms with Crippen molar-refractivity contribution in [3.05, 3.63) is 40.9 Å². The smallest absolute Gasteiger partial charge is 0.261 e. The third-order valence-corrected chi connectivity index (χ3v) is 2.48. The average molecular weight is 247 g/mol.